The van der Waals surface area contributed by atoms with E-state index in [1.807, 2.05) is 0 Å². The highest BCUT2D eigenvalue weighted by atomic mass is 16.6. The van der Waals surface area contributed by atoms with Crippen molar-refractivity contribution in [2.45, 2.75) is 38.2 Å². The van der Waals surface area contributed by atoms with Crippen molar-refractivity contribution in [1.82, 2.24) is 0 Å². The van der Waals surface area contributed by atoms with Crippen LogP contribution in [0.4, 0.5) is 0 Å². The van der Waals surface area contributed by atoms with Crippen LogP contribution in [0.2, 0.25) is 0 Å². The van der Waals surface area contributed by atoms with Crippen molar-refractivity contribution < 1.29 is 4.74 Å². The molecule has 0 radical (unpaired) electrons. The minimum absolute atomic E-state index is 0.420. The number of rotatable bonds is 3. The Bertz CT molecular complexity index is 348. The van der Waals surface area contributed by atoms with E-state index in [0.717, 1.165) is 18.9 Å². The van der Waals surface area contributed by atoms with Crippen molar-refractivity contribution >= 4 is 0 Å². The van der Waals surface area contributed by atoms with E-state index in [-0.39, 0.29) is 0 Å². The highest BCUT2D eigenvalue weighted by Crippen LogP contribution is 2.42. The van der Waals surface area contributed by atoms with Crippen LogP contribution < -0.4 is 0 Å². The third-order valence-corrected chi connectivity index (χ3v) is 3.28. The summed E-state index contributed by atoms with van der Waals surface area (Å²) < 4.78 is 5.39. The van der Waals surface area contributed by atoms with E-state index in [1.54, 1.807) is 0 Å². The number of hydrogen-bond donors (Lipinski definition) is 0. The fraction of sp³-hybridized carbons (Fsp3) is 0.538. The maximum absolute atomic E-state index is 5.39. The van der Waals surface area contributed by atoms with Gasteiger partial charge in [-0.15, -0.1) is 0 Å². The predicted octanol–water partition coefficient (Wildman–Crippen LogP) is 3.20. The monoisotopic (exact) mass is 188 g/mol. The minimum Gasteiger partial charge on any atom is -0.368 e. The van der Waals surface area contributed by atoms with Crippen LogP contribution in [0.3, 0.4) is 0 Å². The summed E-state index contributed by atoms with van der Waals surface area (Å²) in [7, 11) is 0. The Hall–Kier alpha value is -0.820. The zero-order valence-corrected chi connectivity index (χ0v) is 8.62. The minimum atomic E-state index is 0.420. The molecule has 2 aliphatic rings. The quantitative estimate of drug-likeness (QED) is 0.664. The molecule has 1 atom stereocenters. The third kappa shape index (κ3) is 1.46. The molecule has 2 fully saturated rings. The van der Waals surface area contributed by atoms with E-state index in [4.69, 9.17) is 4.74 Å². The lowest BCUT2D eigenvalue weighted by atomic mass is 9.98. The van der Waals surface area contributed by atoms with Crippen molar-refractivity contribution in [1.29, 1.82) is 0 Å². The van der Waals surface area contributed by atoms with E-state index in [0.29, 0.717) is 6.10 Å². The molecule has 14 heavy (non-hydrogen) atoms. The maximum Gasteiger partial charge on any atom is 0.106 e. The molecule has 1 unspecified atom stereocenters. The number of hydrogen-bond acceptors (Lipinski definition) is 1. The first-order chi connectivity index (χ1) is 6.88. The van der Waals surface area contributed by atoms with E-state index < -0.39 is 0 Å². The standard InChI is InChI=1S/C13H16O/c1-2-9-3-6-11(10-4-5-10)7-12(9)13-8-14-13/h3,6-7,10,13H,2,4-5,8H2,1H3. The van der Waals surface area contributed by atoms with Crippen LogP contribution in [0.1, 0.15) is 48.5 Å². The number of aryl methyl sites for hydroxylation is 1. The molecule has 1 aliphatic carbocycles. The topological polar surface area (TPSA) is 12.5 Å². The van der Waals surface area contributed by atoms with Crippen molar-refractivity contribution in [2.24, 2.45) is 0 Å². The van der Waals surface area contributed by atoms with Gasteiger partial charge in [-0.2, -0.15) is 0 Å². The SMILES string of the molecule is CCc1ccc(C2CC2)cc1C1CO1. The normalized spacial score (nSPS) is 25.1. The maximum atomic E-state index is 5.39. The molecular weight excluding hydrogens is 172 g/mol. The summed E-state index contributed by atoms with van der Waals surface area (Å²) in [6.45, 7) is 3.15. The van der Waals surface area contributed by atoms with Crippen LogP contribution in [-0.2, 0) is 11.2 Å². The fourth-order valence-corrected chi connectivity index (χ4v) is 2.13. The lowest BCUT2D eigenvalue weighted by Crippen LogP contribution is -1.93. The van der Waals surface area contributed by atoms with Crippen LogP contribution in [0, 0.1) is 0 Å². The summed E-state index contributed by atoms with van der Waals surface area (Å²) in [6.07, 6.45) is 4.32. The van der Waals surface area contributed by atoms with Gasteiger partial charge in [-0.1, -0.05) is 25.1 Å². The van der Waals surface area contributed by atoms with Gasteiger partial charge >= 0.3 is 0 Å². The first kappa shape index (κ1) is 8.49. The van der Waals surface area contributed by atoms with Crippen LogP contribution in [0.5, 0.6) is 0 Å². The zero-order valence-electron chi connectivity index (χ0n) is 8.62. The van der Waals surface area contributed by atoms with Gasteiger partial charge in [-0.05, 0) is 41.9 Å². The summed E-state index contributed by atoms with van der Waals surface area (Å²) in [5.74, 6) is 0.860. The van der Waals surface area contributed by atoms with Crippen molar-refractivity contribution in [3.05, 3.63) is 34.9 Å². The molecule has 0 N–H and O–H groups in total. The molecular formula is C13H16O. The lowest BCUT2D eigenvalue weighted by Gasteiger charge is -2.07. The molecule has 1 aliphatic heterocycles. The van der Waals surface area contributed by atoms with Crippen LogP contribution >= 0.6 is 0 Å². The molecule has 0 bridgehead atoms. The Morgan fingerprint density at radius 2 is 2.14 bits per heavy atom. The second-order valence-electron chi connectivity index (χ2n) is 4.41. The Labute approximate surface area is 85.1 Å². The Kier molecular flexibility index (Phi) is 1.88. The highest BCUT2D eigenvalue weighted by molar-refractivity contribution is 5.38. The molecule has 1 aromatic carbocycles. The fourth-order valence-electron chi connectivity index (χ4n) is 2.13. The number of ether oxygens (including phenoxy) is 1. The molecule has 3 rings (SSSR count). The van der Waals surface area contributed by atoms with Gasteiger partial charge in [0.05, 0.1) is 6.61 Å². The average molecular weight is 188 g/mol. The van der Waals surface area contributed by atoms with E-state index >= 15 is 0 Å². The number of epoxide rings is 1. The molecule has 1 heterocycles. The molecule has 1 saturated carbocycles. The molecule has 1 saturated heterocycles. The second-order valence-corrected chi connectivity index (χ2v) is 4.41. The summed E-state index contributed by atoms with van der Waals surface area (Å²) in [5, 5.41) is 0. The first-order valence-corrected chi connectivity index (χ1v) is 5.63. The van der Waals surface area contributed by atoms with E-state index in [9.17, 15) is 0 Å². The van der Waals surface area contributed by atoms with Gasteiger partial charge in [0.1, 0.15) is 6.10 Å². The summed E-state index contributed by atoms with van der Waals surface area (Å²) in [6, 6.07) is 6.99. The third-order valence-electron chi connectivity index (χ3n) is 3.28. The Morgan fingerprint density at radius 3 is 2.71 bits per heavy atom. The van der Waals surface area contributed by atoms with Gasteiger partial charge in [0, 0.05) is 0 Å². The van der Waals surface area contributed by atoms with Gasteiger partial charge < -0.3 is 4.74 Å². The largest absolute Gasteiger partial charge is 0.368 e. The second kappa shape index (κ2) is 3.09. The molecule has 74 valence electrons. The summed E-state index contributed by atoms with van der Waals surface area (Å²) >= 11 is 0. The predicted molar refractivity (Wildman–Crippen MR) is 56.5 cm³/mol. The van der Waals surface area contributed by atoms with E-state index in [2.05, 4.69) is 25.1 Å². The smallest absolute Gasteiger partial charge is 0.106 e. The first-order valence-electron chi connectivity index (χ1n) is 5.63. The molecule has 1 nitrogen and oxygen atoms in total. The summed E-state index contributed by atoms with van der Waals surface area (Å²) in [5.41, 5.74) is 4.46. The molecule has 0 amide bonds. The van der Waals surface area contributed by atoms with Gasteiger partial charge in [-0.25, -0.2) is 0 Å². The van der Waals surface area contributed by atoms with E-state index in [1.165, 1.54) is 29.5 Å². The van der Waals surface area contributed by atoms with Gasteiger partial charge in [-0.3, -0.25) is 0 Å². The van der Waals surface area contributed by atoms with Gasteiger partial charge in [0.2, 0.25) is 0 Å². The molecule has 0 aromatic heterocycles. The molecule has 1 heteroatoms. The summed E-state index contributed by atoms with van der Waals surface area (Å²) in [4.78, 5) is 0. The van der Waals surface area contributed by atoms with Crippen molar-refractivity contribution in [3.63, 3.8) is 0 Å². The highest BCUT2D eigenvalue weighted by Gasteiger charge is 2.29. The molecule has 0 spiro atoms. The Morgan fingerprint density at radius 1 is 1.36 bits per heavy atom. The van der Waals surface area contributed by atoms with Gasteiger partial charge in [0.15, 0.2) is 0 Å². The van der Waals surface area contributed by atoms with Crippen LogP contribution in [0.15, 0.2) is 18.2 Å². The zero-order chi connectivity index (χ0) is 9.54. The van der Waals surface area contributed by atoms with Crippen molar-refractivity contribution in [3.8, 4) is 0 Å². The lowest BCUT2D eigenvalue weighted by molar-refractivity contribution is 0.414. The Balaban J connectivity index is 1.98. The van der Waals surface area contributed by atoms with Crippen LogP contribution in [-0.4, -0.2) is 6.61 Å². The van der Waals surface area contributed by atoms with Crippen LogP contribution in [0.25, 0.3) is 0 Å². The van der Waals surface area contributed by atoms with Gasteiger partial charge in [0.25, 0.3) is 0 Å². The number of benzene rings is 1. The average Bonchev–Trinajstić information content (AvgIpc) is 3.05. The van der Waals surface area contributed by atoms with Crippen molar-refractivity contribution in [2.75, 3.05) is 6.61 Å². The molecule has 1 aromatic rings.